The third-order valence-electron chi connectivity index (χ3n) is 3.19. The molecule has 1 heterocycles. The Labute approximate surface area is 112 Å². The lowest BCUT2D eigenvalue weighted by Gasteiger charge is -2.26. The van der Waals surface area contributed by atoms with Crippen LogP contribution in [0.25, 0.3) is 0 Å². The van der Waals surface area contributed by atoms with Crippen LogP contribution in [-0.4, -0.2) is 26.9 Å². The lowest BCUT2D eigenvalue weighted by Crippen LogP contribution is -2.30. The van der Waals surface area contributed by atoms with Gasteiger partial charge in [-0.2, -0.15) is 34.3 Å². The van der Waals surface area contributed by atoms with Crippen LogP contribution in [0.5, 0.6) is 0 Å². The number of aromatic nitrogens is 2. The van der Waals surface area contributed by atoms with E-state index in [0.717, 1.165) is 24.4 Å². The van der Waals surface area contributed by atoms with Crippen molar-refractivity contribution in [2.24, 2.45) is 0 Å². The smallest absolute Gasteiger partial charge is 0.359 e. The third kappa shape index (κ3) is 3.09. The van der Waals surface area contributed by atoms with Crippen molar-refractivity contribution in [3.8, 4) is 0 Å². The highest BCUT2D eigenvalue weighted by atomic mass is 32.2. The Hall–Kier alpha value is -0.500. The number of hydrogen-bond acceptors (Lipinski definition) is 5. The van der Waals surface area contributed by atoms with Crippen LogP contribution in [0, 0.1) is 0 Å². The molecule has 1 aliphatic rings. The van der Waals surface area contributed by atoms with Gasteiger partial charge >= 0.3 is 6.18 Å². The first-order valence-corrected chi connectivity index (χ1v) is 7.65. The Morgan fingerprint density at radius 2 is 2.06 bits per heavy atom. The molecule has 1 aliphatic carbocycles. The molecule has 0 spiro atoms. The lowest BCUT2D eigenvalue weighted by atomic mass is 10.1. The molecule has 2 rings (SSSR count). The minimum atomic E-state index is -4.46. The van der Waals surface area contributed by atoms with Crippen LogP contribution in [0.2, 0.25) is 0 Å². The third-order valence-corrected chi connectivity index (χ3v) is 5.28. The highest BCUT2D eigenvalue weighted by Crippen LogP contribution is 2.40. The molecule has 1 fully saturated rings. The summed E-state index contributed by atoms with van der Waals surface area (Å²) < 4.78 is 40.5. The summed E-state index contributed by atoms with van der Waals surface area (Å²) in [5, 5.41) is 3.25. The number of alkyl halides is 3. The molecular weight excluding hydrogens is 283 g/mol. The van der Waals surface area contributed by atoms with Gasteiger partial charge in [0.2, 0.25) is 11.0 Å². The average molecular weight is 297 g/mol. The molecule has 0 atom stereocenters. The predicted molar refractivity (Wildman–Crippen MR) is 68.1 cm³/mol. The molecule has 0 amide bonds. The molecule has 0 saturated heterocycles. The first-order chi connectivity index (χ1) is 8.45. The van der Waals surface area contributed by atoms with Crippen LogP contribution >= 0.6 is 23.3 Å². The van der Waals surface area contributed by atoms with Crippen molar-refractivity contribution in [1.29, 1.82) is 0 Å². The fourth-order valence-corrected chi connectivity index (χ4v) is 3.61. The van der Waals surface area contributed by atoms with Gasteiger partial charge in [0.1, 0.15) is 0 Å². The van der Waals surface area contributed by atoms with Crippen molar-refractivity contribution in [3.63, 3.8) is 0 Å². The van der Waals surface area contributed by atoms with E-state index in [1.54, 1.807) is 11.8 Å². The van der Waals surface area contributed by atoms with Gasteiger partial charge in [-0.25, -0.2) is 0 Å². The molecule has 0 aliphatic heterocycles. The van der Waals surface area contributed by atoms with Gasteiger partial charge in [0.15, 0.2) is 0 Å². The number of hydrogen-bond donors (Lipinski definition) is 1. The largest absolute Gasteiger partial charge is 0.452 e. The standard InChI is InChI=1S/C10H14F3N3S2/c1-17-9(4-2-3-5-9)6-14-8-15-7(16-18-8)10(11,12)13/h2-6H2,1H3,(H,14,15,16). The van der Waals surface area contributed by atoms with Crippen molar-refractivity contribution < 1.29 is 13.2 Å². The van der Waals surface area contributed by atoms with Gasteiger partial charge in [-0.15, -0.1) is 0 Å². The Bertz CT molecular complexity index is 399. The summed E-state index contributed by atoms with van der Waals surface area (Å²) in [6.07, 6.45) is 2.17. The molecule has 0 bridgehead atoms. The van der Waals surface area contributed by atoms with Gasteiger partial charge in [-0.1, -0.05) is 12.8 Å². The Morgan fingerprint density at radius 3 is 2.56 bits per heavy atom. The zero-order valence-electron chi connectivity index (χ0n) is 9.88. The molecular formula is C10H14F3N3S2. The molecule has 102 valence electrons. The first kappa shape index (κ1) is 13.9. The van der Waals surface area contributed by atoms with Crippen LogP contribution in [0.1, 0.15) is 31.5 Å². The summed E-state index contributed by atoms with van der Waals surface area (Å²) in [5.41, 5.74) is 0. The van der Waals surface area contributed by atoms with Crippen LogP contribution in [0.4, 0.5) is 18.3 Å². The Balaban J connectivity index is 1.96. The first-order valence-electron chi connectivity index (χ1n) is 5.65. The summed E-state index contributed by atoms with van der Waals surface area (Å²) in [4.78, 5) is 3.47. The van der Waals surface area contributed by atoms with E-state index in [1.807, 2.05) is 6.26 Å². The minimum Gasteiger partial charge on any atom is -0.359 e. The summed E-state index contributed by atoms with van der Waals surface area (Å²) in [6, 6.07) is 0. The van der Waals surface area contributed by atoms with E-state index in [9.17, 15) is 13.2 Å². The molecule has 0 radical (unpaired) electrons. The summed E-state index contributed by atoms with van der Waals surface area (Å²) >= 11 is 2.55. The summed E-state index contributed by atoms with van der Waals surface area (Å²) in [6.45, 7) is 0.653. The second kappa shape index (κ2) is 5.24. The molecule has 1 aromatic rings. The molecule has 18 heavy (non-hydrogen) atoms. The van der Waals surface area contributed by atoms with E-state index in [1.165, 1.54) is 12.8 Å². The predicted octanol–water partition coefficient (Wildman–Crippen LogP) is 3.64. The van der Waals surface area contributed by atoms with Gasteiger partial charge in [-0.3, -0.25) is 0 Å². The van der Waals surface area contributed by atoms with Crippen molar-refractivity contribution in [2.45, 2.75) is 36.6 Å². The highest BCUT2D eigenvalue weighted by Gasteiger charge is 2.37. The van der Waals surface area contributed by atoms with E-state index >= 15 is 0 Å². The van der Waals surface area contributed by atoms with Gasteiger partial charge in [0.25, 0.3) is 0 Å². The average Bonchev–Trinajstić information content (AvgIpc) is 2.96. The number of nitrogens with one attached hydrogen (secondary N) is 1. The maximum Gasteiger partial charge on any atom is 0.452 e. The van der Waals surface area contributed by atoms with Crippen LogP contribution < -0.4 is 5.32 Å². The fourth-order valence-electron chi connectivity index (χ4n) is 2.12. The van der Waals surface area contributed by atoms with Crippen molar-refractivity contribution in [3.05, 3.63) is 5.82 Å². The molecule has 8 heteroatoms. The van der Waals surface area contributed by atoms with E-state index in [4.69, 9.17) is 0 Å². The number of thioether (sulfide) groups is 1. The van der Waals surface area contributed by atoms with E-state index in [0.29, 0.717) is 6.54 Å². The second-order valence-corrected chi connectivity index (χ2v) is 6.39. The van der Waals surface area contributed by atoms with Crippen molar-refractivity contribution in [1.82, 2.24) is 9.36 Å². The summed E-state index contributed by atoms with van der Waals surface area (Å²) in [5.74, 6) is -1.06. The van der Waals surface area contributed by atoms with Gasteiger partial charge in [0, 0.05) is 22.8 Å². The molecule has 1 N–H and O–H groups in total. The maximum absolute atomic E-state index is 12.3. The second-order valence-electron chi connectivity index (χ2n) is 4.37. The fraction of sp³-hybridized carbons (Fsp3) is 0.800. The summed E-state index contributed by atoms with van der Waals surface area (Å²) in [7, 11) is 0. The minimum absolute atomic E-state index is 0.143. The molecule has 0 unspecified atom stereocenters. The van der Waals surface area contributed by atoms with Gasteiger partial charge in [-0.05, 0) is 19.1 Å². The Kier molecular flexibility index (Phi) is 4.05. The van der Waals surface area contributed by atoms with E-state index in [2.05, 4.69) is 14.7 Å². The topological polar surface area (TPSA) is 37.8 Å². The highest BCUT2D eigenvalue weighted by molar-refractivity contribution is 8.00. The quantitative estimate of drug-likeness (QED) is 0.920. The molecule has 1 aromatic heterocycles. The van der Waals surface area contributed by atoms with Gasteiger partial charge in [0.05, 0.1) is 0 Å². The maximum atomic E-state index is 12.3. The number of anilines is 1. The van der Waals surface area contributed by atoms with Crippen LogP contribution in [0.15, 0.2) is 0 Å². The van der Waals surface area contributed by atoms with Crippen molar-refractivity contribution in [2.75, 3.05) is 18.1 Å². The molecule has 1 saturated carbocycles. The van der Waals surface area contributed by atoms with Crippen molar-refractivity contribution >= 4 is 28.4 Å². The lowest BCUT2D eigenvalue weighted by molar-refractivity contribution is -0.144. The SMILES string of the molecule is CSC1(CNc2nc(C(F)(F)F)ns2)CCCC1. The van der Waals surface area contributed by atoms with E-state index in [-0.39, 0.29) is 9.88 Å². The monoisotopic (exact) mass is 297 g/mol. The number of halogens is 3. The zero-order valence-corrected chi connectivity index (χ0v) is 11.5. The van der Waals surface area contributed by atoms with Crippen LogP contribution in [-0.2, 0) is 6.18 Å². The number of nitrogens with zero attached hydrogens (tertiary/aromatic N) is 2. The van der Waals surface area contributed by atoms with Gasteiger partial charge < -0.3 is 5.32 Å². The Morgan fingerprint density at radius 1 is 1.39 bits per heavy atom. The molecule has 0 aromatic carbocycles. The zero-order chi connectivity index (χ0) is 13.2. The van der Waals surface area contributed by atoms with E-state index < -0.39 is 12.0 Å². The van der Waals surface area contributed by atoms with Crippen LogP contribution in [0.3, 0.4) is 0 Å². The number of rotatable bonds is 4. The normalized spacial score (nSPS) is 19.1. The molecule has 3 nitrogen and oxygen atoms in total.